The molecule has 0 saturated heterocycles. The van der Waals surface area contributed by atoms with Crippen LogP contribution in [0.2, 0.25) is 0 Å². The summed E-state index contributed by atoms with van der Waals surface area (Å²) in [6.07, 6.45) is 3.89. The summed E-state index contributed by atoms with van der Waals surface area (Å²) in [5, 5.41) is 0. The van der Waals surface area contributed by atoms with Gasteiger partial charge in [-0.3, -0.25) is 0 Å². The fourth-order valence-electron chi connectivity index (χ4n) is 2.79. The zero-order valence-corrected chi connectivity index (χ0v) is 11.0. The van der Waals surface area contributed by atoms with Gasteiger partial charge in [0.25, 0.3) is 0 Å². The number of benzene rings is 2. The van der Waals surface area contributed by atoms with Gasteiger partial charge in [0, 0.05) is 5.92 Å². The van der Waals surface area contributed by atoms with Crippen molar-refractivity contribution in [1.29, 1.82) is 0 Å². The van der Waals surface area contributed by atoms with Crippen LogP contribution in [0.15, 0.2) is 54.6 Å². The molecule has 1 fully saturated rings. The van der Waals surface area contributed by atoms with E-state index >= 15 is 0 Å². The van der Waals surface area contributed by atoms with Crippen LogP contribution in [0.3, 0.4) is 0 Å². The Hall–Kier alpha value is -1.56. The Balaban J connectivity index is 1.94. The highest BCUT2D eigenvalue weighted by Gasteiger charge is 2.33. The van der Waals surface area contributed by atoms with Gasteiger partial charge in [-0.1, -0.05) is 61.5 Å². The van der Waals surface area contributed by atoms with E-state index in [-0.39, 0.29) is 0 Å². The molecular weight excluding hydrogens is 216 g/mol. The van der Waals surface area contributed by atoms with E-state index in [0.717, 1.165) is 12.3 Å². The molecule has 0 heterocycles. The molecule has 18 heavy (non-hydrogen) atoms. The van der Waals surface area contributed by atoms with Crippen LogP contribution in [0.1, 0.15) is 42.4 Å². The Bertz CT molecular complexity index is 491. The Morgan fingerprint density at radius 1 is 0.889 bits per heavy atom. The van der Waals surface area contributed by atoms with Crippen LogP contribution in [-0.2, 0) is 6.42 Å². The summed E-state index contributed by atoms with van der Waals surface area (Å²) in [6.45, 7) is 2.21. The van der Waals surface area contributed by atoms with Crippen LogP contribution < -0.4 is 0 Å². The minimum Gasteiger partial charge on any atom is -0.0622 e. The molecule has 1 atom stereocenters. The molecule has 1 aliphatic rings. The lowest BCUT2D eigenvalue weighted by Gasteiger charge is -2.17. The third kappa shape index (κ3) is 2.33. The lowest BCUT2D eigenvalue weighted by atomic mass is 9.87. The van der Waals surface area contributed by atoms with Gasteiger partial charge in [-0.25, -0.2) is 0 Å². The third-order valence-electron chi connectivity index (χ3n) is 4.00. The first-order chi connectivity index (χ1) is 8.88. The van der Waals surface area contributed by atoms with Gasteiger partial charge in [0.1, 0.15) is 0 Å². The van der Waals surface area contributed by atoms with Crippen molar-refractivity contribution in [1.82, 2.24) is 0 Å². The van der Waals surface area contributed by atoms with Crippen molar-refractivity contribution in [3.63, 3.8) is 0 Å². The first-order valence-electron chi connectivity index (χ1n) is 7.02. The molecule has 2 aromatic rings. The second-order valence-corrected chi connectivity index (χ2v) is 5.32. The predicted molar refractivity (Wildman–Crippen MR) is 76.8 cm³/mol. The van der Waals surface area contributed by atoms with Crippen molar-refractivity contribution in [2.75, 3.05) is 0 Å². The summed E-state index contributed by atoms with van der Waals surface area (Å²) in [7, 11) is 0. The van der Waals surface area contributed by atoms with Crippen LogP contribution in [-0.4, -0.2) is 0 Å². The van der Waals surface area contributed by atoms with Gasteiger partial charge in [-0.15, -0.1) is 0 Å². The maximum atomic E-state index is 2.33. The molecule has 0 aliphatic heterocycles. The molecular formula is C18H20. The minimum atomic E-state index is 0.608. The molecule has 3 rings (SSSR count). The van der Waals surface area contributed by atoms with Crippen molar-refractivity contribution in [2.45, 2.75) is 32.1 Å². The Kier molecular flexibility index (Phi) is 3.19. The van der Waals surface area contributed by atoms with E-state index < -0.39 is 0 Å². The summed E-state index contributed by atoms with van der Waals surface area (Å²) >= 11 is 0. The monoisotopic (exact) mass is 236 g/mol. The highest BCUT2D eigenvalue weighted by atomic mass is 14.4. The second kappa shape index (κ2) is 4.97. The minimum absolute atomic E-state index is 0.608. The first-order valence-corrected chi connectivity index (χ1v) is 7.02. The van der Waals surface area contributed by atoms with E-state index in [9.17, 15) is 0 Å². The topological polar surface area (TPSA) is 0 Å². The smallest absolute Gasteiger partial charge is 0.0118 e. The Labute approximate surface area is 110 Å². The molecule has 0 aromatic heterocycles. The van der Waals surface area contributed by atoms with E-state index in [2.05, 4.69) is 61.5 Å². The predicted octanol–water partition coefficient (Wildman–Crippen LogP) is 4.79. The van der Waals surface area contributed by atoms with Gasteiger partial charge in [-0.05, 0) is 41.9 Å². The number of hydrogen-bond acceptors (Lipinski definition) is 0. The van der Waals surface area contributed by atoms with E-state index in [1.807, 2.05) is 0 Å². The molecule has 0 bridgehead atoms. The highest BCUT2D eigenvalue weighted by molar-refractivity contribution is 5.36. The van der Waals surface area contributed by atoms with Crippen molar-refractivity contribution >= 4 is 0 Å². The number of aryl methyl sites for hydroxylation is 1. The zero-order valence-electron chi connectivity index (χ0n) is 11.0. The fraction of sp³-hybridized carbons (Fsp3) is 0.333. The summed E-state index contributed by atoms with van der Waals surface area (Å²) in [5.41, 5.74) is 4.39. The summed E-state index contributed by atoms with van der Waals surface area (Å²) in [5.74, 6) is 1.47. The lowest BCUT2D eigenvalue weighted by molar-refractivity contribution is 0.703. The van der Waals surface area contributed by atoms with Crippen molar-refractivity contribution in [3.8, 4) is 0 Å². The van der Waals surface area contributed by atoms with Gasteiger partial charge in [0.15, 0.2) is 0 Å². The van der Waals surface area contributed by atoms with Gasteiger partial charge >= 0.3 is 0 Å². The molecule has 0 N–H and O–H groups in total. The molecule has 1 aliphatic carbocycles. The van der Waals surface area contributed by atoms with Gasteiger partial charge in [0.05, 0.1) is 0 Å². The summed E-state index contributed by atoms with van der Waals surface area (Å²) in [4.78, 5) is 0. The van der Waals surface area contributed by atoms with Crippen molar-refractivity contribution in [2.24, 2.45) is 5.92 Å². The van der Waals surface area contributed by atoms with E-state index in [1.165, 1.54) is 29.5 Å². The normalized spacial score (nSPS) is 16.5. The van der Waals surface area contributed by atoms with Gasteiger partial charge in [-0.2, -0.15) is 0 Å². The summed E-state index contributed by atoms with van der Waals surface area (Å²) in [6, 6.07) is 20.2. The first kappa shape index (κ1) is 11.5. The van der Waals surface area contributed by atoms with Gasteiger partial charge < -0.3 is 0 Å². The molecule has 0 radical (unpaired) electrons. The lowest BCUT2D eigenvalue weighted by Crippen LogP contribution is -2.03. The summed E-state index contributed by atoms with van der Waals surface area (Å²) < 4.78 is 0. The second-order valence-electron chi connectivity index (χ2n) is 5.32. The molecule has 1 unspecified atom stereocenters. The van der Waals surface area contributed by atoms with Crippen LogP contribution in [0.25, 0.3) is 0 Å². The number of hydrogen-bond donors (Lipinski definition) is 0. The van der Waals surface area contributed by atoms with Crippen LogP contribution in [0, 0.1) is 5.92 Å². The van der Waals surface area contributed by atoms with E-state index in [4.69, 9.17) is 0 Å². The largest absolute Gasteiger partial charge is 0.0622 e. The molecule has 0 spiro atoms. The molecule has 0 nitrogen and oxygen atoms in total. The highest BCUT2D eigenvalue weighted by Crippen LogP contribution is 2.46. The SMILES string of the molecule is CCc1ccc(C(c2ccccc2)C2CC2)cc1. The third-order valence-corrected chi connectivity index (χ3v) is 4.00. The molecule has 0 amide bonds. The quantitative estimate of drug-likeness (QED) is 0.716. The zero-order chi connectivity index (χ0) is 12.4. The molecule has 2 aromatic carbocycles. The van der Waals surface area contributed by atoms with Crippen molar-refractivity contribution in [3.05, 3.63) is 71.3 Å². The maximum Gasteiger partial charge on any atom is 0.0118 e. The Morgan fingerprint density at radius 2 is 1.50 bits per heavy atom. The average Bonchev–Trinajstić information content (AvgIpc) is 3.26. The maximum absolute atomic E-state index is 2.33. The van der Waals surface area contributed by atoms with Crippen molar-refractivity contribution < 1.29 is 0 Å². The molecule has 1 saturated carbocycles. The fourth-order valence-corrected chi connectivity index (χ4v) is 2.79. The molecule has 0 heteroatoms. The van der Waals surface area contributed by atoms with Crippen LogP contribution in [0.4, 0.5) is 0 Å². The average molecular weight is 236 g/mol. The van der Waals surface area contributed by atoms with Crippen LogP contribution >= 0.6 is 0 Å². The van der Waals surface area contributed by atoms with Crippen LogP contribution in [0.5, 0.6) is 0 Å². The molecule has 92 valence electrons. The number of rotatable bonds is 4. The van der Waals surface area contributed by atoms with E-state index in [1.54, 1.807) is 0 Å². The Morgan fingerprint density at radius 3 is 2.06 bits per heavy atom. The standard InChI is InChI=1S/C18H20/c1-2-14-8-10-16(11-9-14)18(17-12-13-17)15-6-4-3-5-7-15/h3-11,17-18H,2,12-13H2,1H3. The van der Waals surface area contributed by atoms with Gasteiger partial charge in [0.2, 0.25) is 0 Å². The van der Waals surface area contributed by atoms with E-state index in [0.29, 0.717) is 5.92 Å².